The molecule has 5 atom stereocenters. The Labute approximate surface area is 153 Å². The molecule has 26 heavy (non-hydrogen) atoms. The molecule has 2 aliphatic heterocycles. The number of methoxy groups -OCH3 is 1. The van der Waals surface area contributed by atoms with Gasteiger partial charge in [-0.3, -0.25) is 9.69 Å². The Bertz CT molecular complexity index is 845. The van der Waals surface area contributed by atoms with Crippen molar-refractivity contribution in [3.63, 3.8) is 0 Å². The number of fused-ring (bicyclic) bond motifs is 6. The van der Waals surface area contributed by atoms with Crippen molar-refractivity contribution < 1.29 is 14.6 Å². The maximum atomic E-state index is 12.4. The predicted molar refractivity (Wildman–Crippen MR) is 98.7 cm³/mol. The van der Waals surface area contributed by atoms with Gasteiger partial charge >= 0.3 is 5.97 Å². The summed E-state index contributed by atoms with van der Waals surface area (Å²) in [4.78, 5) is 18.6. The normalized spacial score (nSPS) is 34.0. The largest absolute Gasteiger partial charge is 0.469 e. The molecule has 138 valence electrons. The van der Waals surface area contributed by atoms with Gasteiger partial charge in [-0.25, -0.2) is 0 Å². The maximum absolute atomic E-state index is 12.4. The van der Waals surface area contributed by atoms with Gasteiger partial charge in [0.05, 0.1) is 25.2 Å². The molecule has 1 aliphatic carbocycles. The molecule has 1 saturated carbocycles. The first-order chi connectivity index (χ1) is 12.7. The number of ether oxygens (including phenoxy) is 1. The lowest BCUT2D eigenvalue weighted by Crippen LogP contribution is -2.53. The average molecular weight is 354 g/mol. The molecule has 0 amide bonds. The number of aliphatic hydroxyl groups excluding tert-OH is 1. The first-order valence-corrected chi connectivity index (χ1v) is 9.76. The van der Waals surface area contributed by atoms with Crippen molar-refractivity contribution in [2.24, 2.45) is 17.8 Å². The fourth-order valence-electron chi connectivity index (χ4n) is 5.80. The van der Waals surface area contributed by atoms with Crippen molar-refractivity contribution in [3.8, 4) is 0 Å². The fourth-order valence-corrected chi connectivity index (χ4v) is 5.80. The monoisotopic (exact) mass is 354 g/mol. The lowest BCUT2D eigenvalue weighted by Gasteiger charge is -2.50. The van der Waals surface area contributed by atoms with Gasteiger partial charge in [0.1, 0.15) is 0 Å². The van der Waals surface area contributed by atoms with Crippen LogP contribution in [-0.2, 0) is 16.0 Å². The SMILES string of the molecule is COC(=O)[C@@H]1[C@@H]2C[C@@H]3c4[nH]c5ccccc5c4CCN3C[C@@H]2CC[C@@H]1O. The minimum Gasteiger partial charge on any atom is -0.469 e. The molecule has 5 heteroatoms. The number of hydrogen-bond donors (Lipinski definition) is 2. The smallest absolute Gasteiger partial charge is 0.311 e. The maximum Gasteiger partial charge on any atom is 0.311 e. The highest BCUT2D eigenvalue weighted by molar-refractivity contribution is 5.85. The number of aliphatic hydroxyl groups is 1. The number of carbonyl (C=O) groups excluding carboxylic acids is 1. The quantitative estimate of drug-likeness (QED) is 0.773. The summed E-state index contributed by atoms with van der Waals surface area (Å²) in [6.45, 7) is 2.10. The zero-order valence-corrected chi connectivity index (χ0v) is 15.1. The number of para-hydroxylation sites is 1. The Morgan fingerprint density at radius 3 is 3.00 bits per heavy atom. The second-order valence-electron chi connectivity index (χ2n) is 8.18. The Kier molecular flexibility index (Phi) is 3.83. The van der Waals surface area contributed by atoms with Crippen molar-refractivity contribution in [1.82, 2.24) is 9.88 Å². The number of nitrogens with zero attached hydrogens (tertiary/aromatic N) is 1. The standard InChI is InChI=1S/C21H26N2O3/c1-26-21(25)19-15-10-17-20-14(13-4-2-3-5-16(13)22-20)8-9-23(17)11-12(15)6-7-18(19)24/h2-5,12,15,17-19,22,24H,6-11H2,1H3/t12-,15+,17+,18-,19+/m0/s1. The Morgan fingerprint density at radius 1 is 1.31 bits per heavy atom. The van der Waals surface area contributed by atoms with Crippen LogP contribution >= 0.6 is 0 Å². The van der Waals surface area contributed by atoms with Crippen molar-refractivity contribution in [2.45, 2.75) is 37.8 Å². The van der Waals surface area contributed by atoms with Crippen LogP contribution < -0.4 is 0 Å². The van der Waals surface area contributed by atoms with E-state index in [2.05, 4.69) is 34.1 Å². The average Bonchev–Trinajstić information content (AvgIpc) is 3.05. The number of piperidine rings is 1. The van der Waals surface area contributed by atoms with E-state index in [9.17, 15) is 9.90 Å². The van der Waals surface area contributed by atoms with Crippen LogP contribution in [-0.4, -0.2) is 47.3 Å². The van der Waals surface area contributed by atoms with E-state index in [0.29, 0.717) is 18.4 Å². The van der Waals surface area contributed by atoms with E-state index in [4.69, 9.17) is 4.74 Å². The molecule has 2 aromatic rings. The third-order valence-electron chi connectivity index (χ3n) is 7.02. The van der Waals surface area contributed by atoms with Crippen molar-refractivity contribution in [2.75, 3.05) is 20.2 Å². The van der Waals surface area contributed by atoms with E-state index >= 15 is 0 Å². The van der Waals surface area contributed by atoms with E-state index in [1.54, 1.807) is 0 Å². The molecule has 3 heterocycles. The number of esters is 1. The van der Waals surface area contributed by atoms with E-state index in [1.165, 1.54) is 29.3 Å². The lowest BCUT2D eigenvalue weighted by molar-refractivity contribution is -0.160. The van der Waals surface area contributed by atoms with Crippen LogP contribution in [0.5, 0.6) is 0 Å². The van der Waals surface area contributed by atoms with Crippen LogP contribution in [0.4, 0.5) is 0 Å². The summed E-state index contributed by atoms with van der Waals surface area (Å²) < 4.78 is 5.04. The van der Waals surface area contributed by atoms with E-state index in [1.807, 2.05) is 0 Å². The molecule has 0 radical (unpaired) electrons. The minimum absolute atomic E-state index is 0.199. The molecule has 5 rings (SSSR count). The van der Waals surface area contributed by atoms with Gasteiger partial charge in [0, 0.05) is 29.7 Å². The summed E-state index contributed by atoms with van der Waals surface area (Å²) in [6.07, 6.45) is 3.14. The molecule has 1 aromatic carbocycles. The van der Waals surface area contributed by atoms with Crippen LogP contribution in [0.3, 0.4) is 0 Å². The van der Waals surface area contributed by atoms with Gasteiger partial charge in [-0.2, -0.15) is 0 Å². The Balaban J connectivity index is 1.52. The molecule has 0 spiro atoms. The van der Waals surface area contributed by atoms with Gasteiger partial charge < -0.3 is 14.8 Å². The molecule has 2 fully saturated rings. The topological polar surface area (TPSA) is 65.6 Å². The highest BCUT2D eigenvalue weighted by Gasteiger charge is 2.49. The van der Waals surface area contributed by atoms with Gasteiger partial charge in [0.15, 0.2) is 0 Å². The Morgan fingerprint density at radius 2 is 2.15 bits per heavy atom. The lowest BCUT2D eigenvalue weighted by atomic mass is 9.65. The van der Waals surface area contributed by atoms with Gasteiger partial charge in [0.2, 0.25) is 0 Å². The van der Waals surface area contributed by atoms with Gasteiger partial charge in [0.25, 0.3) is 0 Å². The number of benzene rings is 1. The van der Waals surface area contributed by atoms with Crippen LogP contribution in [0.1, 0.15) is 36.6 Å². The number of nitrogens with one attached hydrogen (secondary N) is 1. The van der Waals surface area contributed by atoms with Crippen molar-refractivity contribution in [1.29, 1.82) is 0 Å². The highest BCUT2D eigenvalue weighted by atomic mass is 16.5. The zero-order chi connectivity index (χ0) is 17.8. The molecular weight excluding hydrogens is 328 g/mol. The fraction of sp³-hybridized carbons (Fsp3) is 0.571. The summed E-state index contributed by atoms with van der Waals surface area (Å²) in [7, 11) is 1.43. The van der Waals surface area contributed by atoms with Crippen molar-refractivity contribution in [3.05, 3.63) is 35.5 Å². The number of carbonyl (C=O) groups is 1. The minimum atomic E-state index is -0.568. The molecule has 1 saturated heterocycles. The summed E-state index contributed by atoms with van der Waals surface area (Å²) in [5.41, 5.74) is 3.96. The predicted octanol–water partition coefficient (Wildman–Crippen LogP) is 2.65. The summed E-state index contributed by atoms with van der Waals surface area (Å²) in [5.74, 6) is 0.0541. The highest BCUT2D eigenvalue weighted by Crippen LogP contribution is 2.49. The van der Waals surface area contributed by atoms with Gasteiger partial charge in [-0.05, 0) is 49.1 Å². The molecule has 1 aromatic heterocycles. The second-order valence-corrected chi connectivity index (χ2v) is 8.18. The van der Waals surface area contributed by atoms with Crippen LogP contribution in [0.25, 0.3) is 10.9 Å². The second kappa shape index (κ2) is 6.10. The van der Waals surface area contributed by atoms with E-state index in [-0.39, 0.29) is 17.8 Å². The first-order valence-electron chi connectivity index (χ1n) is 9.76. The summed E-state index contributed by atoms with van der Waals surface area (Å²) in [6, 6.07) is 8.83. The number of aromatic amines is 1. The molecule has 0 unspecified atom stereocenters. The zero-order valence-electron chi connectivity index (χ0n) is 15.1. The van der Waals surface area contributed by atoms with Gasteiger partial charge in [-0.1, -0.05) is 18.2 Å². The number of rotatable bonds is 1. The van der Waals surface area contributed by atoms with Crippen LogP contribution in [0, 0.1) is 17.8 Å². The summed E-state index contributed by atoms with van der Waals surface area (Å²) in [5, 5.41) is 11.8. The van der Waals surface area contributed by atoms with Gasteiger partial charge in [-0.15, -0.1) is 0 Å². The van der Waals surface area contributed by atoms with Crippen molar-refractivity contribution >= 4 is 16.9 Å². The number of hydrogen-bond acceptors (Lipinski definition) is 4. The first kappa shape index (κ1) is 16.3. The van der Waals surface area contributed by atoms with E-state index in [0.717, 1.165) is 32.4 Å². The van der Waals surface area contributed by atoms with Crippen LogP contribution in [0.2, 0.25) is 0 Å². The number of aromatic nitrogens is 1. The molecular formula is C21H26N2O3. The molecule has 0 bridgehead atoms. The third-order valence-corrected chi connectivity index (χ3v) is 7.02. The Hall–Kier alpha value is -1.85. The van der Waals surface area contributed by atoms with Crippen LogP contribution in [0.15, 0.2) is 24.3 Å². The summed E-state index contributed by atoms with van der Waals surface area (Å²) >= 11 is 0. The molecule has 2 N–H and O–H groups in total. The molecule has 3 aliphatic rings. The third kappa shape index (κ3) is 2.33. The number of H-pyrrole nitrogens is 1. The molecule has 5 nitrogen and oxygen atoms in total. The van der Waals surface area contributed by atoms with E-state index < -0.39 is 6.10 Å².